The summed E-state index contributed by atoms with van der Waals surface area (Å²) in [5.41, 5.74) is 0.337. The van der Waals surface area contributed by atoms with Gasteiger partial charge in [0.2, 0.25) is 0 Å². The zero-order valence-corrected chi connectivity index (χ0v) is 12.1. The van der Waals surface area contributed by atoms with Gasteiger partial charge in [-0.25, -0.2) is 4.39 Å². The Morgan fingerprint density at radius 2 is 1.81 bits per heavy atom. The maximum absolute atomic E-state index is 13.8. The predicted octanol–water partition coefficient (Wildman–Crippen LogP) is 2.85. The van der Waals surface area contributed by atoms with E-state index in [1.807, 2.05) is 6.07 Å². The summed E-state index contributed by atoms with van der Waals surface area (Å²) in [6.07, 6.45) is 1.80. The number of piperidine rings is 1. The summed E-state index contributed by atoms with van der Waals surface area (Å²) in [6, 6.07) is 10.0. The Morgan fingerprint density at radius 3 is 2.52 bits per heavy atom. The number of amides is 1. The molecule has 21 heavy (non-hydrogen) atoms. The van der Waals surface area contributed by atoms with Crippen LogP contribution in [0.5, 0.6) is 0 Å². The fourth-order valence-corrected chi connectivity index (χ4v) is 2.91. The first-order valence-electron chi connectivity index (χ1n) is 7.30. The molecule has 0 unspecified atom stereocenters. The number of halogens is 1. The number of rotatable bonds is 2. The number of carbonyl (C=O) groups is 1. The zero-order chi connectivity index (χ0) is 14.9. The summed E-state index contributed by atoms with van der Waals surface area (Å²) in [7, 11) is 0. The summed E-state index contributed by atoms with van der Waals surface area (Å²) in [6.45, 7) is 3.87. The third-order valence-electron chi connectivity index (χ3n) is 4.24. The molecule has 2 N–H and O–H groups in total. The van der Waals surface area contributed by atoms with E-state index in [9.17, 15) is 9.18 Å². The van der Waals surface area contributed by atoms with Crippen LogP contribution in [0.3, 0.4) is 0 Å². The smallest absolute Gasteiger partial charge is 0.252 e. The fraction of sp³-hybridized carbons (Fsp3) is 0.353. The Kier molecular flexibility index (Phi) is 3.64. The molecular weight excluding hydrogens is 267 g/mol. The van der Waals surface area contributed by atoms with Gasteiger partial charge in [0, 0.05) is 16.5 Å². The molecule has 0 aromatic heterocycles. The summed E-state index contributed by atoms with van der Waals surface area (Å²) in [4.78, 5) is 12.6. The Balaban J connectivity index is 1.93. The second-order valence-electron chi connectivity index (χ2n) is 5.91. The lowest BCUT2D eigenvalue weighted by Crippen LogP contribution is -2.52. The van der Waals surface area contributed by atoms with Crippen LogP contribution in [0.15, 0.2) is 36.4 Å². The van der Waals surface area contributed by atoms with E-state index in [0.29, 0.717) is 16.3 Å². The number of carbonyl (C=O) groups excluding carboxylic acids is 1. The van der Waals surface area contributed by atoms with Gasteiger partial charge in [-0.05, 0) is 50.4 Å². The van der Waals surface area contributed by atoms with Gasteiger partial charge in [0.15, 0.2) is 0 Å². The molecule has 1 aliphatic heterocycles. The van der Waals surface area contributed by atoms with Crippen LogP contribution in [0.4, 0.5) is 4.39 Å². The van der Waals surface area contributed by atoms with Crippen molar-refractivity contribution >= 4 is 16.7 Å². The van der Waals surface area contributed by atoms with E-state index in [1.54, 1.807) is 24.3 Å². The van der Waals surface area contributed by atoms with Crippen molar-refractivity contribution < 1.29 is 9.18 Å². The monoisotopic (exact) mass is 286 g/mol. The molecule has 0 atom stereocenters. The summed E-state index contributed by atoms with van der Waals surface area (Å²) in [5.74, 6) is -0.425. The van der Waals surface area contributed by atoms with Crippen molar-refractivity contribution in [2.45, 2.75) is 25.3 Å². The van der Waals surface area contributed by atoms with Crippen molar-refractivity contribution in [2.24, 2.45) is 0 Å². The van der Waals surface area contributed by atoms with Crippen molar-refractivity contribution in [1.29, 1.82) is 0 Å². The van der Waals surface area contributed by atoms with Crippen LogP contribution >= 0.6 is 0 Å². The maximum Gasteiger partial charge on any atom is 0.252 e. The third-order valence-corrected chi connectivity index (χ3v) is 4.24. The molecule has 0 spiro atoms. The van der Waals surface area contributed by atoms with Crippen molar-refractivity contribution in [3.8, 4) is 0 Å². The third kappa shape index (κ3) is 2.76. The molecule has 4 heteroatoms. The van der Waals surface area contributed by atoms with Gasteiger partial charge in [0.25, 0.3) is 5.91 Å². The number of hydrogen-bond donors (Lipinski definition) is 2. The van der Waals surface area contributed by atoms with E-state index in [2.05, 4.69) is 17.6 Å². The molecule has 2 aromatic carbocycles. The minimum Gasteiger partial charge on any atom is -0.347 e. The van der Waals surface area contributed by atoms with E-state index < -0.39 is 0 Å². The average Bonchev–Trinajstić information content (AvgIpc) is 2.48. The number of hydrogen-bond acceptors (Lipinski definition) is 2. The van der Waals surface area contributed by atoms with Gasteiger partial charge in [-0.2, -0.15) is 0 Å². The highest BCUT2D eigenvalue weighted by Gasteiger charge is 2.29. The Morgan fingerprint density at radius 1 is 1.14 bits per heavy atom. The number of nitrogens with one attached hydrogen (secondary N) is 2. The number of benzene rings is 2. The average molecular weight is 286 g/mol. The van der Waals surface area contributed by atoms with Gasteiger partial charge in [0.1, 0.15) is 5.82 Å². The standard InChI is InChI=1S/C17H19FN2O/c1-17(8-10-19-11-9-17)20-16(21)14-6-7-15(18)13-5-3-2-4-12(13)14/h2-7,19H,8-11H2,1H3,(H,20,21). The predicted molar refractivity (Wildman–Crippen MR) is 81.9 cm³/mol. The molecule has 1 saturated heterocycles. The second kappa shape index (κ2) is 5.45. The first kappa shape index (κ1) is 14.0. The molecule has 0 aliphatic carbocycles. The van der Waals surface area contributed by atoms with Gasteiger partial charge in [-0.15, -0.1) is 0 Å². The lowest BCUT2D eigenvalue weighted by Gasteiger charge is -2.35. The van der Waals surface area contributed by atoms with Crippen LogP contribution in [-0.2, 0) is 0 Å². The highest BCUT2D eigenvalue weighted by Crippen LogP contribution is 2.24. The van der Waals surface area contributed by atoms with Gasteiger partial charge >= 0.3 is 0 Å². The summed E-state index contributed by atoms with van der Waals surface area (Å²) >= 11 is 0. The SMILES string of the molecule is CC1(NC(=O)c2ccc(F)c3ccccc23)CCNCC1. The molecule has 0 saturated carbocycles. The largest absolute Gasteiger partial charge is 0.347 e. The van der Waals surface area contributed by atoms with Crippen LogP contribution in [-0.4, -0.2) is 24.5 Å². The second-order valence-corrected chi connectivity index (χ2v) is 5.91. The van der Waals surface area contributed by atoms with E-state index in [1.165, 1.54) is 6.07 Å². The fourth-order valence-electron chi connectivity index (χ4n) is 2.91. The molecule has 3 rings (SSSR count). The first-order chi connectivity index (χ1) is 10.1. The molecule has 1 heterocycles. The van der Waals surface area contributed by atoms with Crippen LogP contribution in [0.2, 0.25) is 0 Å². The maximum atomic E-state index is 13.8. The zero-order valence-electron chi connectivity index (χ0n) is 12.1. The normalized spacial score (nSPS) is 17.6. The van der Waals surface area contributed by atoms with E-state index >= 15 is 0 Å². The van der Waals surface area contributed by atoms with Crippen molar-refractivity contribution in [3.63, 3.8) is 0 Å². The van der Waals surface area contributed by atoms with E-state index in [4.69, 9.17) is 0 Å². The van der Waals surface area contributed by atoms with Crippen molar-refractivity contribution in [3.05, 3.63) is 47.8 Å². The lowest BCUT2D eigenvalue weighted by molar-refractivity contribution is 0.0889. The highest BCUT2D eigenvalue weighted by molar-refractivity contribution is 6.07. The van der Waals surface area contributed by atoms with Gasteiger partial charge in [-0.3, -0.25) is 4.79 Å². The van der Waals surface area contributed by atoms with E-state index in [-0.39, 0.29) is 17.3 Å². The van der Waals surface area contributed by atoms with Crippen molar-refractivity contribution in [2.75, 3.05) is 13.1 Å². The van der Waals surface area contributed by atoms with Crippen molar-refractivity contribution in [1.82, 2.24) is 10.6 Å². The Labute approximate surface area is 123 Å². The van der Waals surface area contributed by atoms with Gasteiger partial charge in [-0.1, -0.05) is 24.3 Å². The molecule has 3 nitrogen and oxygen atoms in total. The van der Waals surface area contributed by atoms with Crippen LogP contribution in [0.1, 0.15) is 30.1 Å². The Hall–Kier alpha value is -1.94. The molecule has 1 amide bonds. The molecule has 2 aromatic rings. The van der Waals surface area contributed by atoms with E-state index in [0.717, 1.165) is 25.9 Å². The molecule has 1 fully saturated rings. The molecule has 1 aliphatic rings. The topological polar surface area (TPSA) is 41.1 Å². The van der Waals surface area contributed by atoms with Crippen LogP contribution in [0.25, 0.3) is 10.8 Å². The molecule has 110 valence electrons. The lowest BCUT2D eigenvalue weighted by atomic mass is 9.90. The van der Waals surface area contributed by atoms with Crippen LogP contribution in [0, 0.1) is 5.82 Å². The molecular formula is C17H19FN2O. The first-order valence-corrected chi connectivity index (χ1v) is 7.30. The summed E-state index contributed by atoms with van der Waals surface area (Å²) < 4.78 is 13.8. The Bertz CT molecular complexity index is 678. The van der Waals surface area contributed by atoms with Crippen LogP contribution < -0.4 is 10.6 Å². The molecule has 0 radical (unpaired) electrons. The number of fused-ring (bicyclic) bond motifs is 1. The quantitative estimate of drug-likeness (QED) is 0.891. The van der Waals surface area contributed by atoms with Gasteiger partial charge < -0.3 is 10.6 Å². The van der Waals surface area contributed by atoms with Gasteiger partial charge in [0.05, 0.1) is 0 Å². The minimum absolute atomic E-state index is 0.129. The molecule has 0 bridgehead atoms. The summed E-state index contributed by atoms with van der Waals surface area (Å²) in [5, 5.41) is 7.56. The minimum atomic E-state index is -0.296. The highest BCUT2D eigenvalue weighted by atomic mass is 19.1.